The summed E-state index contributed by atoms with van der Waals surface area (Å²) in [5.41, 5.74) is 2.43. The van der Waals surface area contributed by atoms with Crippen LogP contribution in [0.15, 0.2) is 36.4 Å². The lowest BCUT2D eigenvalue weighted by atomic mass is 9.72. The van der Waals surface area contributed by atoms with E-state index in [9.17, 15) is 5.11 Å². The van der Waals surface area contributed by atoms with Gasteiger partial charge in [0.2, 0.25) is 0 Å². The summed E-state index contributed by atoms with van der Waals surface area (Å²) in [6.45, 7) is 5.10. The number of piperazine rings is 1. The molecular weight excluding hydrogens is 443 g/mol. The summed E-state index contributed by atoms with van der Waals surface area (Å²) in [6, 6.07) is 12.0. The van der Waals surface area contributed by atoms with Crippen molar-refractivity contribution in [1.82, 2.24) is 9.80 Å². The van der Waals surface area contributed by atoms with E-state index < -0.39 is 5.60 Å². The predicted octanol–water partition coefficient (Wildman–Crippen LogP) is 5.70. The molecule has 1 unspecified atom stereocenters. The summed E-state index contributed by atoms with van der Waals surface area (Å²) in [5, 5.41) is 12.9. The molecule has 1 N–H and O–H groups in total. The molecule has 2 aliphatic rings. The zero-order valence-electron chi connectivity index (χ0n) is 19.1. The minimum absolute atomic E-state index is 0.0543. The molecule has 1 heterocycles. The normalized spacial score (nSPS) is 20.8. The molecule has 32 heavy (non-hydrogen) atoms. The van der Waals surface area contributed by atoms with Gasteiger partial charge in [-0.1, -0.05) is 54.6 Å². The van der Waals surface area contributed by atoms with E-state index in [1.807, 2.05) is 24.3 Å². The number of benzene rings is 2. The van der Waals surface area contributed by atoms with Gasteiger partial charge in [0.15, 0.2) is 0 Å². The maximum Gasteiger partial charge on any atom is 0.126 e. The molecule has 0 amide bonds. The SMILES string of the molecule is COc1ccc(C(CN2CCN(C)CC2)C2(O)CCCCC2)cc1-c1ccc(Cl)c(Cl)c1. The first-order chi connectivity index (χ1) is 15.4. The number of rotatable bonds is 6. The fraction of sp³-hybridized carbons (Fsp3) is 0.538. The molecule has 0 bridgehead atoms. The third-order valence-electron chi connectivity index (χ3n) is 7.26. The molecule has 174 valence electrons. The van der Waals surface area contributed by atoms with Crippen LogP contribution in [0.25, 0.3) is 11.1 Å². The Kier molecular flexibility index (Phi) is 7.69. The Morgan fingerprint density at radius 3 is 2.34 bits per heavy atom. The summed E-state index contributed by atoms with van der Waals surface area (Å²) in [7, 11) is 3.86. The number of nitrogens with zero attached hydrogens (tertiary/aromatic N) is 2. The average Bonchev–Trinajstić information content (AvgIpc) is 2.80. The van der Waals surface area contributed by atoms with Crippen molar-refractivity contribution in [3.63, 3.8) is 0 Å². The van der Waals surface area contributed by atoms with Crippen molar-refractivity contribution in [3.8, 4) is 16.9 Å². The zero-order valence-corrected chi connectivity index (χ0v) is 20.6. The molecule has 6 heteroatoms. The topological polar surface area (TPSA) is 35.9 Å². The molecule has 2 aromatic carbocycles. The lowest BCUT2D eigenvalue weighted by Crippen LogP contribution is -2.50. The smallest absolute Gasteiger partial charge is 0.126 e. The van der Waals surface area contributed by atoms with Crippen LogP contribution in [0.5, 0.6) is 5.75 Å². The van der Waals surface area contributed by atoms with Gasteiger partial charge in [-0.05, 0) is 55.3 Å². The lowest BCUT2D eigenvalue weighted by Gasteiger charge is -2.43. The number of hydrogen-bond donors (Lipinski definition) is 1. The van der Waals surface area contributed by atoms with Crippen molar-refractivity contribution in [1.29, 1.82) is 0 Å². The third-order valence-corrected chi connectivity index (χ3v) is 8.00. The van der Waals surface area contributed by atoms with Gasteiger partial charge in [0.1, 0.15) is 5.75 Å². The van der Waals surface area contributed by atoms with Gasteiger partial charge in [0.25, 0.3) is 0 Å². The van der Waals surface area contributed by atoms with Gasteiger partial charge >= 0.3 is 0 Å². The highest BCUT2D eigenvalue weighted by molar-refractivity contribution is 6.42. The first-order valence-electron chi connectivity index (χ1n) is 11.7. The molecule has 1 aliphatic carbocycles. The van der Waals surface area contributed by atoms with Crippen LogP contribution in [0.4, 0.5) is 0 Å². The van der Waals surface area contributed by atoms with Crippen LogP contribution in [0.1, 0.15) is 43.6 Å². The van der Waals surface area contributed by atoms with Crippen LogP contribution in [-0.2, 0) is 0 Å². The Labute approximate surface area is 202 Å². The molecule has 2 aromatic rings. The maximum atomic E-state index is 11.8. The molecule has 4 rings (SSSR count). The molecule has 2 fully saturated rings. The lowest BCUT2D eigenvalue weighted by molar-refractivity contribution is -0.0337. The molecule has 0 radical (unpaired) electrons. The second-order valence-electron chi connectivity index (χ2n) is 9.41. The molecule has 1 saturated heterocycles. The Bertz CT molecular complexity index is 922. The van der Waals surface area contributed by atoms with E-state index >= 15 is 0 Å². The van der Waals surface area contributed by atoms with Gasteiger partial charge in [0, 0.05) is 44.2 Å². The Morgan fingerprint density at radius 1 is 0.969 bits per heavy atom. The van der Waals surface area contributed by atoms with Crippen LogP contribution in [0, 0.1) is 0 Å². The molecule has 1 saturated carbocycles. The number of likely N-dealkylation sites (N-methyl/N-ethyl adjacent to an activating group) is 1. The van der Waals surface area contributed by atoms with Crippen molar-refractivity contribution in [2.24, 2.45) is 0 Å². The van der Waals surface area contributed by atoms with Crippen molar-refractivity contribution >= 4 is 23.2 Å². The molecular formula is C26H34Cl2N2O2. The quantitative estimate of drug-likeness (QED) is 0.580. The van der Waals surface area contributed by atoms with E-state index in [1.54, 1.807) is 7.11 Å². The van der Waals surface area contributed by atoms with Gasteiger partial charge < -0.3 is 19.6 Å². The minimum Gasteiger partial charge on any atom is -0.496 e. The largest absolute Gasteiger partial charge is 0.496 e. The van der Waals surface area contributed by atoms with Crippen LogP contribution in [0.2, 0.25) is 10.0 Å². The third kappa shape index (κ3) is 5.26. The van der Waals surface area contributed by atoms with Crippen LogP contribution >= 0.6 is 23.2 Å². The maximum absolute atomic E-state index is 11.8. The number of ether oxygens (including phenoxy) is 1. The van der Waals surface area contributed by atoms with Gasteiger partial charge in [0.05, 0.1) is 22.8 Å². The fourth-order valence-corrected chi connectivity index (χ4v) is 5.52. The van der Waals surface area contributed by atoms with Crippen LogP contribution < -0.4 is 4.74 Å². The Morgan fingerprint density at radius 2 is 1.69 bits per heavy atom. The Hall–Kier alpha value is -1.30. The van der Waals surface area contributed by atoms with E-state index in [-0.39, 0.29) is 5.92 Å². The summed E-state index contributed by atoms with van der Waals surface area (Å²) < 4.78 is 5.68. The standard InChI is InChI=1S/C26H34Cl2N2O2/c1-29-12-14-30(15-13-29)18-22(26(31)10-4-3-5-11-26)20-7-9-25(32-2)21(16-20)19-6-8-23(27)24(28)17-19/h6-9,16-17,22,31H,3-5,10-15,18H2,1-2H3. The number of methoxy groups -OCH3 is 1. The highest BCUT2D eigenvalue weighted by atomic mass is 35.5. The van der Waals surface area contributed by atoms with E-state index in [0.717, 1.165) is 80.8 Å². The van der Waals surface area contributed by atoms with E-state index in [2.05, 4.69) is 29.0 Å². The first-order valence-corrected chi connectivity index (χ1v) is 12.4. The molecule has 0 aromatic heterocycles. The van der Waals surface area contributed by atoms with E-state index in [1.165, 1.54) is 6.42 Å². The average molecular weight is 477 g/mol. The summed E-state index contributed by atoms with van der Waals surface area (Å²) in [4.78, 5) is 4.89. The van der Waals surface area contributed by atoms with Crippen molar-refractivity contribution in [3.05, 3.63) is 52.0 Å². The van der Waals surface area contributed by atoms with E-state index in [4.69, 9.17) is 27.9 Å². The van der Waals surface area contributed by atoms with Gasteiger partial charge in [-0.2, -0.15) is 0 Å². The Balaban J connectivity index is 1.72. The van der Waals surface area contributed by atoms with Crippen molar-refractivity contribution in [2.75, 3.05) is 46.9 Å². The summed E-state index contributed by atoms with van der Waals surface area (Å²) in [6.07, 6.45) is 5.11. The first kappa shape index (κ1) is 23.8. The van der Waals surface area contributed by atoms with Crippen LogP contribution in [-0.4, -0.2) is 67.4 Å². The molecule has 4 nitrogen and oxygen atoms in total. The van der Waals surface area contributed by atoms with Crippen molar-refractivity contribution < 1.29 is 9.84 Å². The second kappa shape index (κ2) is 10.3. The minimum atomic E-state index is -0.675. The predicted molar refractivity (Wildman–Crippen MR) is 133 cm³/mol. The number of hydrogen-bond acceptors (Lipinski definition) is 4. The van der Waals surface area contributed by atoms with E-state index in [0.29, 0.717) is 10.0 Å². The monoisotopic (exact) mass is 476 g/mol. The molecule has 1 atom stereocenters. The highest BCUT2D eigenvalue weighted by Crippen LogP contribution is 2.43. The summed E-state index contributed by atoms with van der Waals surface area (Å²) in [5.74, 6) is 0.847. The van der Waals surface area contributed by atoms with Gasteiger partial charge in [-0.15, -0.1) is 0 Å². The highest BCUT2D eigenvalue weighted by Gasteiger charge is 2.40. The van der Waals surface area contributed by atoms with Crippen molar-refractivity contribution in [2.45, 2.75) is 43.6 Å². The molecule has 0 spiro atoms. The van der Waals surface area contributed by atoms with Gasteiger partial charge in [-0.25, -0.2) is 0 Å². The number of halogens is 2. The van der Waals surface area contributed by atoms with Crippen LogP contribution in [0.3, 0.4) is 0 Å². The fourth-order valence-electron chi connectivity index (χ4n) is 5.22. The number of aliphatic hydroxyl groups is 1. The summed E-state index contributed by atoms with van der Waals surface area (Å²) >= 11 is 12.5. The van der Waals surface area contributed by atoms with Gasteiger partial charge in [-0.3, -0.25) is 0 Å². The second-order valence-corrected chi connectivity index (χ2v) is 10.2. The molecule has 1 aliphatic heterocycles. The zero-order chi connectivity index (χ0) is 22.7.